The van der Waals surface area contributed by atoms with Crippen molar-refractivity contribution < 1.29 is 4.39 Å². The summed E-state index contributed by atoms with van der Waals surface area (Å²) in [5.41, 5.74) is 0.949. The SMILES string of the molecule is N#CC1CCC(n2cc(-c3cc(Br)ccc3F)nn2)C1. The molecule has 2 aromatic rings. The molecule has 1 aromatic heterocycles. The van der Waals surface area contributed by atoms with Crippen LogP contribution in [0.5, 0.6) is 0 Å². The normalized spacial score (nSPS) is 21.9. The van der Waals surface area contributed by atoms with E-state index in [4.69, 9.17) is 5.26 Å². The van der Waals surface area contributed by atoms with Crippen LogP contribution in [0.1, 0.15) is 25.3 Å². The van der Waals surface area contributed by atoms with Crippen molar-refractivity contribution in [2.45, 2.75) is 25.3 Å². The summed E-state index contributed by atoms with van der Waals surface area (Å²) in [6.45, 7) is 0. The van der Waals surface area contributed by atoms with E-state index in [1.807, 2.05) is 0 Å². The Bertz CT molecular complexity index is 676. The molecule has 0 bridgehead atoms. The number of benzene rings is 1. The number of nitriles is 1. The average Bonchev–Trinajstić information content (AvgIpc) is 3.09. The summed E-state index contributed by atoms with van der Waals surface area (Å²) in [5.74, 6) is -0.225. The van der Waals surface area contributed by atoms with Gasteiger partial charge in [0.1, 0.15) is 11.5 Å². The van der Waals surface area contributed by atoms with E-state index < -0.39 is 0 Å². The highest BCUT2D eigenvalue weighted by Crippen LogP contribution is 2.34. The fourth-order valence-electron chi connectivity index (χ4n) is 2.59. The molecule has 1 fully saturated rings. The third-order valence-electron chi connectivity index (χ3n) is 3.68. The summed E-state index contributed by atoms with van der Waals surface area (Å²) in [6, 6.07) is 7.23. The highest BCUT2D eigenvalue weighted by Gasteiger charge is 2.27. The monoisotopic (exact) mass is 334 g/mol. The van der Waals surface area contributed by atoms with Crippen LogP contribution in [0.25, 0.3) is 11.3 Å². The molecule has 0 N–H and O–H groups in total. The number of halogens is 2. The second-order valence-electron chi connectivity index (χ2n) is 5.00. The van der Waals surface area contributed by atoms with Crippen molar-refractivity contribution in [2.24, 2.45) is 5.92 Å². The van der Waals surface area contributed by atoms with Crippen molar-refractivity contribution in [2.75, 3.05) is 0 Å². The molecule has 0 radical (unpaired) electrons. The lowest BCUT2D eigenvalue weighted by Crippen LogP contribution is -2.06. The molecule has 6 heteroatoms. The number of nitrogens with zero attached hydrogens (tertiary/aromatic N) is 4. The predicted molar refractivity (Wildman–Crippen MR) is 75.1 cm³/mol. The van der Waals surface area contributed by atoms with E-state index in [1.54, 1.807) is 23.0 Å². The molecule has 4 nitrogen and oxygen atoms in total. The van der Waals surface area contributed by atoms with Crippen LogP contribution in [0.4, 0.5) is 4.39 Å². The van der Waals surface area contributed by atoms with Crippen LogP contribution in [0.2, 0.25) is 0 Å². The highest BCUT2D eigenvalue weighted by atomic mass is 79.9. The van der Waals surface area contributed by atoms with Crippen LogP contribution in [0.3, 0.4) is 0 Å². The lowest BCUT2D eigenvalue weighted by atomic mass is 10.1. The van der Waals surface area contributed by atoms with Gasteiger partial charge in [0, 0.05) is 16.0 Å². The first-order valence-corrected chi connectivity index (χ1v) is 7.23. The molecule has 0 aliphatic heterocycles. The maximum atomic E-state index is 13.8. The van der Waals surface area contributed by atoms with Gasteiger partial charge in [0.25, 0.3) is 0 Å². The molecule has 20 heavy (non-hydrogen) atoms. The van der Waals surface area contributed by atoms with Crippen LogP contribution in [0.15, 0.2) is 28.9 Å². The summed E-state index contributed by atoms with van der Waals surface area (Å²) < 4.78 is 16.4. The molecule has 1 saturated carbocycles. The van der Waals surface area contributed by atoms with E-state index in [0.717, 1.165) is 23.7 Å². The summed E-state index contributed by atoms with van der Waals surface area (Å²) in [4.78, 5) is 0. The summed E-state index contributed by atoms with van der Waals surface area (Å²) in [6.07, 6.45) is 4.36. The molecule has 2 unspecified atom stereocenters. The Morgan fingerprint density at radius 2 is 2.25 bits per heavy atom. The van der Waals surface area contributed by atoms with Crippen LogP contribution in [0, 0.1) is 23.1 Å². The van der Waals surface area contributed by atoms with Crippen LogP contribution < -0.4 is 0 Å². The second-order valence-corrected chi connectivity index (χ2v) is 5.92. The van der Waals surface area contributed by atoms with Crippen LogP contribution in [-0.2, 0) is 0 Å². The quantitative estimate of drug-likeness (QED) is 0.841. The fraction of sp³-hybridized carbons (Fsp3) is 0.357. The molecular weight excluding hydrogens is 323 g/mol. The highest BCUT2D eigenvalue weighted by molar-refractivity contribution is 9.10. The Balaban J connectivity index is 1.87. The van der Waals surface area contributed by atoms with Gasteiger partial charge in [-0.2, -0.15) is 5.26 Å². The predicted octanol–water partition coefficient (Wildman–Crippen LogP) is 3.71. The average molecular weight is 335 g/mol. The zero-order valence-electron chi connectivity index (χ0n) is 10.6. The molecule has 1 aromatic carbocycles. The maximum Gasteiger partial charge on any atom is 0.132 e. The van der Waals surface area contributed by atoms with Gasteiger partial charge in [-0.05, 0) is 37.5 Å². The van der Waals surface area contributed by atoms with Crippen molar-refractivity contribution in [3.8, 4) is 17.3 Å². The summed E-state index contributed by atoms with van der Waals surface area (Å²) in [5, 5.41) is 17.1. The van der Waals surface area contributed by atoms with E-state index in [1.165, 1.54) is 6.07 Å². The first-order chi connectivity index (χ1) is 9.67. The molecule has 102 valence electrons. The van der Waals surface area contributed by atoms with Gasteiger partial charge in [-0.3, -0.25) is 0 Å². The largest absolute Gasteiger partial charge is 0.249 e. The van der Waals surface area contributed by atoms with E-state index in [9.17, 15) is 4.39 Å². The lowest BCUT2D eigenvalue weighted by Gasteiger charge is -2.07. The lowest BCUT2D eigenvalue weighted by molar-refractivity contribution is 0.446. The van der Waals surface area contributed by atoms with Crippen molar-refractivity contribution in [3.63, 3.8) is 0 Å². The third kappa shape index (κ3) is 2.46. The van der Waals surface area contributed by atoms with Gasteiger partial charge in [0.05, 0.1) is 18.3 Å². The van der Waals surface area contributed by atoms with E-state index >= 15 is 0 Å². The van der Waals surface area contributed by atoms with Crippen molar-refractivity contribution >= 4 is 15.9 Å². The molecule has 1 aliphatic carbocycles. The summed E-state index contributed by atoms with van der Waals surface area (Å²) in [7, 11) is 0. The standard InChI is InChI=1S/C14H12BrFN4/c15-10-2-4-13(16)12(6-10)14-8-20(19-18-14)11-3-1-9(5-11)7-17/h2,4,6,8-9,11H,1,3,5H2. The minimum absolute atomic E-state index is 0.0928. The molecule has 0 spiro atoms. The number of hydrogen-bond donors (Lipinski definition) is 0. The van der Waals surface area contributed by atoms with Crippen molar-refractivity contribution in [3.05, 3.63) is 34.7 Å². The van der Waals surface area contributed by atoms with Gasteiger partial charge in [-0.25, -0.2) is 9.07 Å². The van der Waals surface area contributed by atoms with Gasteiger partial charge < -0.3 is 0 Å². The van der Waals surface area contributed by atoms with Crippen molar-refractivity contribution in [1.82, 2.24) is 15.0 Å². The van der Waals surface area contributed by atoms with Gasteiger partial charge in [-0.1, -0.05) is 21.1 Å². The fourth-order valence-corrected chi connectivity index (χ4v) is 2.95. The first-order valence-electron chi connectivity index (χ1n) is 6.44. The minimum Gasteiger partial charge on any atom is -0.249 e. The topological polar surface area (TPSA) is 54.5 Å². The Labute approximate surface area is 124 Å². The zero-order chi connectivity index (χ0) is 14.1. The molecule has 1 aliphatic rings. The van der Waals surface area contributed by atoms with Crippen LogP contribution >= 0.6 is 15.9 Å². The van der Waals surface area contributed by atoms with Gasteiger partial charge >= 0.3 is 0 Å². The van der Waals surface area contributed by atoms with E-state index in [-0.39, 0.29) is 17.8 Å². The Morgan fingerprint density at radius 3 is 3.00 bits per heavy atom. The Morgan fingerprint density at radius 1 is 1.40 bits per heavy atom. The molecule has 1 heterocycles. The van der Waals surface area contributed by atoms with Crippen molar-refractivity contribution in [1.29, 1.82) is 5.26 Å². The zero-order valence-corrected chi connectivity index (χ0v) is 12.2. The van der Waals surface area contributed by atoms with Crippen LogP contribution in [-0.4, -0.2) is 15.0 Å². The molecular formula is C14H12BrFN4. The molecule has 0 saturated heterocycles. The minimum atomic E-state index is -0.318. The third-order valence-corrected chi connectivity index (χ3v) is 4.17. The smallest absolute Gasteiger partial charge is 0.132 e. The maximum absolute atomic E-state index is 13.8. The van der Waals surface area contributed by atoms with Gasteiger partial charge in [-0.15, -0.1) is 5.10 Å². The number of hydrogen-bond acceptors (Lipinski definition) is 3. The molecule has 0 amide bonds. The summed E-state index contributed by atoms with van der Waals surface area (Å²) >= 11 is 3.33. The molecule has 2 atom stereocenters. The van der Waals surface area contributed by atoms with Gasteiger partial charge in [0.15, 0.2) is 0 Å². The Kier molecular flexibility index (Phi) is 3.53. The molecule has 3 rings (SSSR count). The second kappa shape index (κ2) is 5.33. The van der Waals surface area contributed by atoms with E-state index in [2.05, 4.69) is 32.3 Å². The first kappa shape index (κ1) is 13.3. The van der Waals surface area contributed by atoms with E-state index in [0.29, 0.717) is 11.3 Å². The Hall–Kier alpha value is -1.74. The number of aromatic nitrogens is 3. The number of rotatable bonds is 2. The van der Waals surface area contributed by atoms with Gasteiger partial charge in [0.2, 0.25) is 0 Å².